The molecule has 0 N–H and O–H groups in total. The maximum Gasteiger partial charge on any atom is 0.260 e. The van der Waals surface area contributed by atoms with Crippen LogP contribution in [0.2, 0.25) is 0 Å². The first kappa shape index (κ1) is 22.4. The van der Waals surface area contributed by atoms with Crippen LogP contribution in [0.3, 0.4) is 0 Å². The summed E-state index contributed by atoms with van der Waals surface area (Å²) in [7, 11) is 0. The molecule has 1 saturated heterocycles. The van der Waals surface area contributed by atoms with Crippen molar-refractivity contribution < 1.29 is 18.8 Å². The van der Waals surface area contributed by atoms with E-state index >= 15 is 0 Å². The third-order valence-corrected chi connectivity index (χ3v) is 6.45. The Morgan fingerprint density at radius 3 is 2.62 bits per heavy atom. The number of fused-ring (bicyclic) bond motifs is 1. The molecule has 3 heterocycles. The quantitative estimate of drug-likeness (QED) is 0.552. The first-order chi connectivity index (χ1) is 16.4. The van der Waals surface area contributed by atoms with Gasteiger partial charge in [-0.25, -0.2) is 0 Å². The second-order valence-corrected chi connectivity index (χ2v) is 9.49. The molecule has 178 valence electrons. The number of benzene rings is 2. The second kappa shape index (κ2) is 9.10. The molecule has 1 unspecified atom stereocenters. The zero-order valence-electron chi connectivity index (χ0n) is 19.9. The Morgan fingerprint density at radius 1 is 1.09 bits per heavy atom. The minimum Gasteiger partial charge on any atom is -0.483 e. The summed E-state index contributed by atoms with van der Waals surface area (Å²) in [6.07, 6.45) is 0.834. The molecule has 2 aliphatic heterocycles. The van der Waals surface area contributed by atoms with Crippen LogP contribution in [0.5, 0.6) is 11.5 Å². The molecule has 0 spiro atoms. The van der Waals surface area contributed by atoms with Gasteiger partial charge >= 0.3 is 0 Å². The van der Waals surface area contributed by atoms with Crippen molar-refractivity contribution in [3.63, 3.8) is 0 Å². The number of hydrogen-bond donors (Lipinski definition) is 0. The summed E-state index contributed by atoms with van der Waals surface area (Å²) in [4.78, 5) is 21.5. The fraction of sp³-hybridized carbons (Fsp3) is 0.423. The van der Waals surface area contributed by atoms with Gasteiger partial charge in [0.05, 0.1) is 6.04 Å². The van der Waals surface area contributed by atoms with Crippen molar-refractivity contribution in [2.45, 2.75) is 38.8 Å². The lowest BCUT2D eigenvalue weighted by atomic mass is 10.0. The van der Waals surface area contributed by atoms with Crippen LogP contribution in [-0.2, 0) is 11.2 Å². The van der Waals surface area contributed by atoms with Gasteiger partial charge < -0.3 is 18.9 Å². The Balaban J connectivity index is 1.14. The zero-order chi connectivity index (χ0) is 23.7. The molecule has 2 aliphatic rings. The summed E-state index contributed by atoms with van der Waals surface area (Å²) < 4.78 is 17.5. The average molecular weight is 463 g/mol. The van der Waals surface area contributed by atoms with Gasteiger partial charge in [0.2, 0.25) is 11.7 Å². The van der Waals surface area contributed by atoms with E-state index in [9.17, 15) is 4.79 Å². The third kappa shape index (κ3) is 4.63. The molecule has 0 aliphatic carbocycles. The maximum atomic E-state index is 12.8. The van der Waals surface area contributed by atoms with E-state index < -0.39 is 0 Å². The van der Waals surface area contributed by atoms with Crippen molar-refractivity contribution in [1.29, 1.82) is 0 Å². The van der Waals surface area contributed by atoms with Crippen molar-refractivity contribution in [3.8, 4) is 22.9 Å². The van der Waals surface area contributed by atoms with Gasteiger partial charge in [-0.1, -0.05) is 47.6 Å². The molecule has 8 heteroatoms. The van der Waals surface area contributed by atoms with Crippen molar-refractivity contribution in [2.24, 2.45) is 0 Å². The fourth-order valence-electron chi connectivity index (χ4n) is 4.56. The van der Waals surface area contributed by atoms with Crippen LogP contribution in [0.15, 0.2) is 53.1 Å². The Labute approximate surface area is 199 Å². The molecule has 1 aromatic heterocycles. The van der Waals surface area contributed by atoms with Gasteiger partial charge in [0.25, 0.3) is 5.91 Å². The molecular formula is C26H30N4O4. The Bertz CT molecular complexity index is 1150. The van der Waals surface area contributed by atoms with Crippen LogP contribution in [0.1, 0.15) is 38.3 Å². The number of carbonyl (C=O) groups is 1. The topological polar surface area (TPSA) is 80.9 Å². The van der Waals surface area contributed by atoms with Crippen LogP contribution < -0.4 is 9.47 Å². The lowest BCUT2D eigenvalue weighted by molar-refractivity contribution is -0.135. The van der Waals surface area contributed by atoms with Gasteiger partial charge in [0, 0.05) is 43.7 Å². The monoisotopic (exact) mass is 462 g/mol. The van der Waals surface area contributed by atoms with Crippen LogP contribution >= 0.6 is 0 Å². The van der Waals surface area contributed by atoms with E-state index in [2.05, 4.69) is 35.8 Å². The predicted molar refractivity (Wildman–Crippen MR) is 127 cm³/mol. The lowest BCUT2D eigenvalue weighted by Crippen LogP contribution is -2.50. The van der Waals surface area contributed by atoms with E-state index in [1.165, 1.54) is 0 Å². The molecule has 2 aromatic carbocycles. The summed E-state index contributed by atoms with van der Waals surface area (Å²) in [6, 6.07) is 15.6. The smallest absolute Gasteiger partial charge is 0.260 e. The SMILES string of the molecule is CC(c1nc(-c2ccccc2)no1)N1CCN(C(=O)COc2cccc3c2OC(C)(C)C3)CC1. The van der Waals surface area contributed by atoms with Crippen molar-refractivity contribution >= 4 is 5.91 Å². The summed E-state index contributed by atoms with van der Waals surface area (Å²) in [5, 5.41) is 4.13. The van der Waals surface area contributed by atoms with E-state index in [1.807, 2.05) is 53.4 Å². The van der Waals surface area contributed by atoms with Gasteiger partial charge in [0.1, 0.15) is 5.60 Å². The maximum absolute atomic E-state index is 12.8. The Kier molecular flexibility index (Phi) is 6.00. The van der Waals surface area contributed by atoms with Crippen LogP contribution in [0.25, 0.3) is 11.4 Å². The van der Waals surface area contributed by atoms with Crippen molar-refractivity contribution in [1.82, 2.24) is 19.9 Å². The highest BCUT2D eigenvalue weighted by Crippen LogP contribution is 2.41. The number of hydrogen-bond acceptors (Lipinski definition) is 7. The number of aromatic nitrogens is 2. The number of ether oxygens (including phenoxy) is 2. The summed E-state index contributed by atoms with van der Waals surface area (Å²) in [6.45, 7) is 8.88. The van der Waals surface area contributed by atoms with E-state index in [4.69, 9.17) is 14.0 Å². The molecule has 34 heavy (non-hydrogen) atoms. The highest BCUT2D eigenvalue weighted by molar-refractivity contribution is 5.78. The molecule has 1 amide bonds. The molecule has 1 atom stereocenters. The number of para-hydroxylation sites is 1. The van der Waals surface area contributed by atoms with Gasteiger partial charge in [-0.2, -0.15) is 4.98 Å². The predicted octanol–water partition coefficient (Wildman–Crippen LogP) is 3.73. The average Bonchev–Trinajstić information content (AvgIpc) is 3.46. The lowest BCUT2D eigenvalue weighted by Gasteiger charge is -2.36. The number of piperazine rings is 1. The molecular weight excluding hydrogens is 432 g/mol. The minimum atomic E-state index is -0.251. The molecule has 0 radical (unpaired) electrons. The number of nitrogens with zero attached hydrogens (tertiary/aromatic N) is 4. The van der Waals surface area contributed by atoms with E-state index in [-0.39, 0.29) is 24.2 Å². The summed E-state index contributed by atoms with van der Waals surface area (Å²) in [5.74, 6) is 2.55. The number of amides is 1. The Hall–Kier alpha value is -3.39. The zero-order valence-corrected chi connectivity index (χ0v) is 19.9. The number of carbonyl (C=O) groups excluding carboxylic acids is 1. The van der Waals surface area contributed by atoms with Crippen LogP contribution in [0.4, 0.5) is 0 Å². The Morgan fingerprint density at radius 2 is 1.85 bits per heavy atom. The fourth-order valence-corrected chi connectivity index (χ4v) is 4.56. The van der Waals surface area contributed by atoms with Crippen molar-refractivity contribution in [2.75, 3.05) is 32.8 Å². The largest absolute Gasteiger partial charge is 0.483 e. The molecule has 0 bridgehead atoms. The van der Waals surface area contributed by atoms with Gasteiger partial charge in [0.15, 0.2) is 18.1 Å². The van der Waals surface area contributed by atoms with Crippen LogP contribution in [-0.4, -0.2) is 64.2 Å². The van der Waals surface area contributed by atoms with Gasteiger partial charge in [-0.05, 0) is 26.8 Å². The van der Waals surface area contributed by atoms with Gasteiger partial charge in [-0.3, -0.25) is 9.69 Å². The standard InChI is InChI=1S/C26H30N4O4/c1-18(25-27-24(28-34-25)19-8-5-4-6-9-19)29-12-14-30(15-13-29)22(31)17-32-21-11-7-10-20-16-26(2,3)33-23(20)21/h4-11,18H,12-17H2,1-3H3. The highest BCUT2D eigenvalue weighted by Gasteiger charge is 2.33. The minimum absolute atomic E-state index is 0.000109. The highest BCUT2D eigenvalue weighted by atomic mass is 16.5. The molecule has 3 aromatic rings. The first-order valence-electron chi connectivity index (χ1n) is 11.7. The second-order valence-electron chi connectivity index (χ2n) is 9.49. The number of rotatable bonds is 6. The first-order valence-corrected chi connectivity index (χ1v) is 11.7. The molecule has 1 fully saturated rings. The summed E-state index contributed by atoms with van der Waals surface area (Å²) >= 11 is 0. The van der Waals surface area contributed by atoms with E-state index in [1.54, 1.807) is 0 Å². The van der Waals surface area contributed by atoms with E-state index in [0.29, 0.717) is 30.6 Å². The molecule has 0 saturated carbocycles. The van der Waals surface area contributed by atoms with E-state index in [0.717, 1.165) is 36.4 Å². The normalized spacial score (nSPS) is 18.3. The van der Waals surface area contributed by atoms with Gasteiger partial charge in [-0.15, -0.1) is 0 Å². The molecule has 8 nitrogen and oxygen atoms in total. The molecule has 5 rings (SSSR count). The summed E-state index contributed by atoms with van der Waals surface area (Å²) in [5.41, 5.74) is 1.80. The van der Waals surface area contributed by atoms with Crippen LogP contribution in [0, 0.1) is 0 Å². The van der Waals surface area contributed by atoms with Crippen molar-refractivity contribution in [3.05, 3.63) is 60.0 Å². The third-order valence-electron chi connectivity index (χ3n) is 6.45.